The smallest absolute Gasteiger partial charge is 0.269 e. The van der Waals surface area contributed by atoms with Crippen molar-refractivity contribution in [1.82, 2.24) is 15.2 Å². The predicted octanol–water partition coefficient (Wildman–Crippen LogP) is 4.23. The van der Waals surface area contributed by atoms with E-state index in [0.29, 0.717) is 11.3 Å². The zero-order valence-electron chi connectivity index (χ0n) is 23.0. The Bertz CT molecular complexity index is 1680. The van der Waals surface area contributed by atoms with E-state index in [1.807, 2.05) is 58.0 Å². The van der Waals surface area contributed by atoms with E-state index in [2.05, 4.69) is 16.9 Å². The fraction of sp³-hybridized carbons (Fsp3) is 0.281. The molecule has 0 spiro atoms. The lowest BCUT2D eigenvalue weighted by Crippen LogP contribution is -2.58. The van der Waals surface area contributed by atoms with Crippen LogP contribution in [0.2, 0.25) is 0 Å². The SMILES string of the molecule is C=CC(C)(C)N1C(=O)C(O)(CC2NC(=O)C3=Cc4c([nH]c5ccccc45)C(C)(C)C=CN3C2=O)c2ccccc21. The van der Waals surface area contributed by atoms with Gasteiger partial charge >= 0.3 is 0 Å². The maximum absolute atomic E-state index is 13.9. The van der Waals surface area contributed by atoms with Crippen LogP contribution in [-0.4, -0.2) is 44.3 Å². The van der Waals surface area contributed by atoms with Crippen molar-refractivity contribution < 1.29 is 19.5 Å². The molecule has 3 amide bonds. The van der Waals surface area contributed by atoms with E-state index in [0.717, 1.165) is 22.2 Å². The maximum Gasteiger partial charge on any atom is 0.269 e. The fourth-order valence-electron chi connectivity index (χ4n) is 6.00. The zero-order valence-corrected chi connectivity index (χ0v) is 23.0. The molecule has 3 aromatic rings. The summed E-state index contributed by atoms with van der Waals surface area (Å²) in [5.74, 6) is -1.45. The molecule has 6 rings (SSSR count). The minimum Gasteiger partial charge on any atom is -0.375 e. The molecule has 2 aromatic carbocycles. The molecule has 8 heteroatoms. The first-order valence-electron chi connectivity index (χ1n) is 13.4. The lowest BCUT2D eigenvalue weighted by molar-refractivity contribution is -0.145. The van der Waals surface area contributed by atoms with E-state index < -0.39 is 40.3 Å². The van der Waals surface area contributed by atoms with Crippen LogP contribution in [0, 0.1) is 0 Å². The molecule has 0 radical (unpaired) electrons. The number of fused-ring (bicyclic) bond motifs is 5. The number of rotatable bonds is 4. The number of aromatic nitrogens is 1. The van der Waals surface area contributed by atoms with Crippen molar-refractivity contribution in [2.24, 2.45) is 0 Å². The Balaban J connectivity index is 1.41. The van der Waals surface area contributed by atoms with E-state index >= 15 is 0 Å². The average molecular weight is 537 g/mol. The summed E-state index contributed by atoms with van der Waals surface area (Å²) < 4.78 is 0. The Kier molecular flexibility index (Phi) is 5.51. The number of piperazine rings is 1. The van der Waals surface area contributed by atoms with Gasteiger partial charge in [0, 0.05) is 45.8 Å². The summed E-state index contributed by atoms with van der Waals surface area (Å²) in [6, 6.07) is 13.7. The monoisotopic (exact) mass is 536 g/mol. The van der Waals surface area contributed by atoms with E-state index in [-0.39, 0.29) is 12.1 Å². The number of anilines is 1. The van der Waals surface area contributed by atoms with Gasteiger partial charge in [-0.3, -0.25) is 19.3 Å². The van der Waals surface area contributed by atoms with Crippen LogP contribution >= 0.6 is 0 Å². The highest BCUT2D eigenvalue weighted by atomic mass is 16.3. The Labute approximate surface area is 232 Å². The van der Waals surface area contributed by atoms with Crippen molar-refractivity contribution in [3.05, 3.63) is 96.0 Å². The van der Waals surface area contributed by atoms with Crippen LogP contribution in [0.5, 0.6) is 0 Å². The predicted molar refractivity (Wildman–Crippen MR) is 154 cm³/mol. The van der Waals surface area contributed by atoms with Crippen LogP contribution in [0.1, 0.15) is 50.9 Å². The number of amides is 3. The van der Waals surface area contributed by atoms with Gasteiger partial charge in [0.25, 0.3) is 17.7 Å². The second kappa shape index (κ2) is 8.53. The zero-order chi connectivity index (χ0) is 28.6. The van der Waals surface area contributed by atoms with E-state index in [1.54, 1.807) is 42.6 Å². The molecule has 1 saturated heterocycles. The number of carbonyl (C=O) groups is 3. The number of allylic oxidation sites excluding steroid dienone is 1. The van der Waals surface area contributed by atoms with Crippen molar-refractivity contribution in [3.63, 3.8) is 0 Å². The highest BCUT2D eigenvalue weighted by molar-refractivity contribution is 6.11. The number of nitrogens with one attached hydrogen (secondary N) is 2. The molecule has 3 N–H and O–H groups in total. The van der Waals surface area contributed by atoms with Gasteiger partial charge in [0.05, 0.1) is 11.2 Å². The summed E-state index contributed by atoms with van der Waals surface area (Å²) in [6.07, 6.45) is 6.58. The molecule has 2 atom stereocenters. The van der Waals surface area contributed by atoms with Crippen LogP contribution in [-0.2, 0) is 25.4 Å². The summed E-state index contributed by atoms with van der Waals surface area (Å²) in [4.78, 5) is 47.6. The highest BCUT2D eigenvalue weighted by Crippen LogP contribution is 2.47. The van der Waals surface area contributed by atoms with Crippen LogP contribution in [0.15, 0.2) is 79.2 Å². The fourth-order valence-corrected chi connectivity index (χ4v) is 6.00. The van der Waals surface area contributed by atoms with Crippen LogP contribution in [0.4, 0.5) is 5.69 Å². The van der Waals surface area contributed by atoms with E-state index in [9.17, 15) is 19.5 Å². The van der Waals surface area contributed by atoms with Gasteiger partial charge in [-0.2, -0.15) is 0 Å². The second-order valence-electron chi connectivity index (χ2n) is 11.8. The van der Waals surface area contributed by atoms with E-state index in [1.165, 1.54) is 9.80 Å². The third-order valence-electron chi connectivity index (χ3n) is 8.37. The molecule has 40 heavy (non-hydrogen) atoms. The number of para-hydroxylation sites is 2. The Morgan fingerprint density at radius 3 is 2.52 bits per heavy atom. The van der Waals surface area contributed by atoms with Gasteiger partial charge in [0.1, 0.15) is 11.7 Å². The van der Waals surface area contributed by atoms with Crippen molar-refractivity contribution in [1.29, 1.82) is 0 Å². The van der Waals surface area contributed by atoms with Gasteiger partial charge in [-0.1, -0.05) is 62.4 Å². The summed E-state index contributed by atoms with van der Waals surface area (Å²) in [5.41, 5.74) is 0.560. The molecule has 204 valence electrons. The normalized spacial score (nSPS) is 23.7. The molecule has 0 aliphatic carbocycles. The standard InChI is InChI=1S/C32H32N4O4/c1-6-31(4,5)36-24-14-10-8-12-21(24)32(40,29(36)39)18-23-28(38)35-16-15-30(2,3)26-20(17-25(35)27(37)34-23)19-11-7-9-13-22(19)33-26/h6-17,23,33,40H,1,18H2,2-5H3,(H,34,37). The van der Waals surface area contributed by atoms with Gasteiger partial charge in [0.15, 0.2) is 5.60 Å². The number of nitrogens with zero attached hydrogens (tertiary/aromatic N) is 2. The van der Waals surface area contributed by atoms with Crippen molar-refractivity contribution in [2.75, 3.05) is 4.90 Å². The molecule has 2 unspecified atom stereocenters. The molecular weight excluding hydrogens is 504 g/mol. The van der Waals surface area contributed by atoms with Gasteiger partial charge in [0.2, 0.25) is 0 Å². The average Bonchev–Trinajstić information content (AvgIpc) is 3.39. The molecule has 1 aromatic heterocycles. The van der Waals surface area contributed by atoms with Crippen LogP contribution < -0.4 is 10.2 Å². The van der Waals surface area contributed by atoms with Gasteiger partial charge in [-0.15, -0.1) is 6.58 Å². The number of H-pyrrole nitrogens is 1. The first-order valence-corrected chi connectivity index (χ1v) is 13.4. The largest absolute Gasteiger partial charge is 0.375 e. The number of aliphatic hydroxyl groups is 1. The van der Waals surface area contributed by atoms with Crippen molar-refractivity contribution >= 4 is 40.4 Å². The summed E-state index contributed by atoms with van der Waals surface area (Å²) >= 11 is 0. The van der Waals surface area contributed by atoms with Crippen molar-refractivity contribution in [3.8, 4) is 0 Å². The third-order valence-corrected chi connectivity index (χ3v) is 8.37. The molecule has 0 saturated carbocycles. The molecule has 8 nitrogen and oxygen atoms in total. The van der Waals surface area contributed by atoms with Crippen LogP contribution in [0.3, 0.4) is 0 Å². The number of hydrogen-bond donors (Lipinski definition) is 3. The van der Waals surface area contributed by atoms with Crippen LogP contribution in [0.25, 0.3) is 17.0 Å². The molecular formula is C32H32N4O4. The lowest BCUT2D eigenvalue weighted by atomic mass is 9.84. The molecule has 1 fully saturated rings. The highest BCUT2D eigenvalue weighted by Gasteiger charge is 2.55. The number of carbonyl (C=O) groups excluding carboxylic acids is 3. The maximum atomic E-state index is 13.9. The molecule has 3 aliphatic heterocycles. The summed E-state index contributed by atoms with van der Waals surface area (Å²) in [7, 11) is 0. The number of aromatic amines is 1. The Hall–Kier alpha value is -4.43. The number of benzene rings is 2. The topological polar surface area (TPSA) is 106 Å². The minimum absolute atomic E-state index is 0.179. The molecule has 0 bridgehead atoms. The number of hydrogen-bond acceptors (Lipinski definition) is 4. The quantitative estimate of drug-likeness (QED) is 0.434. The minimum atomic E-state index is -2.01. The second-order valence-corrected chi connectivity index (χ2v) is 11.8. The summed E-state index contributed by atoms with van der Waals surface area (Å²) in [6.45, 7) is 11.6. The molecule has 3 aliphatic rings. The molecule has 4 heterocycles. The Morgan fingerprint density at radius 1 is 1.07 bits per heavy atom. The third kappa shape index (κ3) is 3.59. The first kappa shape index (κ1) is 25.8. The Morgan fingerprint density at radius 2 is 1.77 bits per heavy atom. The van der Waals surface area contributed by atoms with Crippen molar-refractivity contribution in [2.45, 2.75) is 56.7 Å². The van der Waals surface area contributed by atoms with E-state index in [4.69, 9.17) is 0 Å². The summed E-state index contributed by atoms with van der Waals surface area (Å²) in [5, 5.41) is 15.6. The first-order chi connectivity index (χ1) is 18.9. The van der Waals surface area contributed by atoms with Gasteiger partial charge in [-0.25, -0.2) is 0 Å². The van der Waals surface area contributed by atoms with Gasteiger partial charge in [-0.05, 0) is 32.1 Å². The van der Waals surface area contributed by atoms with Gasteiger partial charge < -0.3 is 20.3 Å². The lowest BCUT2D eigenvalue weighted by Gasteiger charge is -2.37.